The third-order valence-corrected chi connectivity index (χ3v) is 5.11. The van der Waals surface area contributed by atoms with Crippen molar-refractivity contribution in [2.75, 3.05) is 13.7 Å². The van der Waals surface area contributed by atoms with E-state index in [1.54, 1.807) is 5.57 Å². The highest BCUT2D eigenvalue weighted by Crippen LogP contribution is 2.32. The Bertz CT molecular complexity index is 294. The van der Waals surface area contributed by atoms with Crippen molar-refractivity contribution in [1.29, 1.82) is 0 Å². The maximum Gasteiger partial charge on any atom is 0.0790 e. The van der Waals surface area contributed by atoms with Gasteiger partial charge in [-0.1, -0.05) is 44.3 Å². The summed E-state index contributed by atoms with van der Waals surface area (Å²) in [4.78, 5) is 0. The quantitative estimate of drug-likeness (QED) is 0.725. The molecule has 0 aromatic rings. The van der Waals surface area contributed by atoms with E-state index in [1.807, 2.05) is 7.11 Å². The number of methoxy groups -OCH3 is 1. The van der Waals surface area contributed by atoms with E-state index in [0.717, 1.165) is 12.5 Å². The predicted octanol–water partition coefficient (Wildman–Crippen LogP) is 4.45. The summed E-state index contributed by atoms with van der Waals surface area (Å²) < 4.78 is 6.00. The zero-order valence-corrected chi connectivity index (χ0v) is 13.5. The van der Waals surface area contributed by atoms with Gasteiger partial charge in [0.25, 0.3) is 0 Å². The molecule has 1 N–H and O–H groups in total. The fourth-order valence-electron chi connectivity index (χ4n) is 4.06. The molecule has 0 aromatic carbocycles. The summed E-state index contributed by atoms with van der Waals surface area (Å²) in [6, 6.07) is 0.450. The molecule has 20 heavy (non-hydrogen) atoms. The molecule has 2 atom stereocenters. The van der Waals surface area contributed by atoms with Gasteiger partial charge in [-0.15, -0.1) is 0 Å². The average molecular weight is 279 g/mol. The molecule has 0 radical (unpaired) electrons. The molecule has 1 fully saturated rings. The number of allylic oxidation sites excluding steroid dienone is 1. The molecule has 0 aromatic heterocycles. The van der Waals surface area contributed by atoms with E-state index in [0.29, 0.717) is 12.1 Å². The zero-order valence-electron chi connectivity index (χ0n) is 13.5. The Labute approximate surface area is 125 Å². The molecule has 116 valence electrons. The van der Waals surface area contributed by atoms with Gasteiger partial charge in [-0.25, -0.2) is 0 Å². The summed E-state index contributed by atoms with van der Waals surface area (Å²) in [7, 11) is 1.92. The largest absolute Gasteiger partial charge is 0.379 e. The normalized spacial score (nSPS) is 24.8. The summed E-state index contributed by atoms with van der Waals surface area (Å²) in [5, 5.41) is 3.74. The minimum Gasteiger partial charge on any atom is -0.379 e. The Hall–Kier alpha value is -0.340. The highest BCUT2D eigenvalue weighted by atomic mass is 16.5. The Morgan fingerprint density at radius 3 is 2.60 bits per heavy atom. The lowest BCUT2D eigenvalue weighted by molar-refractivity contribution is 0.0166. The van der Waals surface area contributed by atoms with Crippen molar-refractivity contribution in [2.45, 2.75) is 83.3 Å². The monoisotopic (exact) mass is 279 g/mol. The first-order chi connectivity index (χ1) is 9.86. The van der Waals surface area contributed by atoms with Gasteiger partial charge in [-0.2, -0.15) is 0 Å². The molecule has 2 rings (SSSR count). The first-order valence-corrected chi connectivity index (χ1v) is 8.82. The van der Waals surface area contributed by atoms with Crippen LogP contribution in [-0.4, -0.2) is 25.8 Å². The van der Waals surface area contributed by atoms with Crippen LogP contribution in [0.1, 0.15) is 71.1 Å². The molecule has 1 saturated carbocycles. The number of hydrogen-bond donors (Lipinski definition) is 1. The summed E-state index contributed by atoms with van der Waals surface area (Å²) >= 11 is 0. The summed E-state index contributed by atoms with van der Waals surface area (Å²) in [6.45, 7) is 3.26. The zero-order chi connectivity index (χ0) is 14.2. The molecule has 2 nitrogen and oxygen atoms in total. The van der Waals surface area contributed by atoms with Crippen LogP contribution in [0.15, 0.2) is 11.6 Å². The third kappa shape index (κ3) is 4.33. The van der Waals surface area contributed by atoms with Crippen molar-refractivity contribution >= 4 is 0 Å². The lowest BCUT2D eigenvalue weighted by Gasteiger charge is -2.36. The summed E-state index contributed by atoms with van der Waals surface area (Å²) in [5.74, 6) is 0.752. The highest BCUT2D eigenvalue weighted by molar-refractivity contribution is 5.15. The maximum absolute atomic E-state index is 6.00. The second kappa shape index (κ2) is 8.84. The van der Waals surface area contributed by atoms with E-state index in [1.165, 1.54) is 64.2 Å². The summed E-state index contributed by atoms with van der Waals surface area (Å²) in [6.07, 6.45) is 16.4. The van der Waals surface area contributed by atoms with Crippen molar-refractivity contribution in [3.63, 3.8) is 0 Å². The smallest absolute Gasteiger partial charge is 0.0790 e. The van der Waals surface area contributed by atoms with Crippen LogP contribution in [0.3, 0.4) is 0 Å². The van der Waals surface area contributed by atoms with Crippen molar-refractivity contribution in [1.82, 2.24) is 5.32 Å². The first kappa shape index (κ1) is 16.0. The molecule has 0 aliphatic heterocycles. The van der Waals surface area contributed by atoms with E-state index in [4.69, 9.17) is 4.74 Å². The molecule has 2 heteroatoms. The predicted molar refractivity (Wildman–Crippen MR) is 86.0 cm³/mol. The lowest BCUT2D eigenvalue weighted by Crippen LogP contribution is -2.46. The van der Waals surface area contributed by atoms with Crippen LogP contribution in [0.2, 0.25) is 0 Å². The average Bonchev–Trinajstić information content (AvgIpc) is 2.77. The second-order valence-corrected chi connectivity index (χ2v) is 6.51. The van der Waals surface area contributed by atoms with Gasteiger partial charge in [0, 0.05) is 7.11 Å². The molecule has 2 aliphatic rings. The third-order valence-electron chi connectivity index (χ3n) is 5.11. The minimum absolute atomic E-state index is 0.375. The number of rotatable bonds is 6. The van der Waals surface area contributed by atoms with Crippen molar-refractivity contribution in [3.8, 4) is 0 Å². The van der Waals surface area contributed by atoms with Gasteiger partial charge in [0.1, 0.15) is 0 Å². The van der Waals surface area contributed by atoms with Crippen LogP contribution < -0.4 is 5.32 Å². The van der Waals surface area contributed by atoms with Crippen LogP contribution in [0.5, 0.6) is 0 Å². The molecule has 2 aliphatic carbocycles. The van der Waals surface area contributed by atoms with Gasteiger partial charge in [0.2, 0.25) is 0 Å². The van der Waals surface area contributed by atoms with Crippen molar-refractivity contribution < 1.29 is 4.74 Å². The number of likely N-dealkylation sites (N-methyl/N-ethyl adjacent to an activating group) is 1. The van der Waals surface area contributed by atoms with E-state index >= 15 is 0 Å². The van der Waals surface area contributed by atoms with Gasteiger partial charge >= 0.3 is 0 Å². The molecule has 2 unspecified atom stereocenters. The maximum atomic E-state index is 6.00. The fourth-order valence-corrected chi connectivity index (χ4v) is 4.06. The minimum atomic E-state index is 0.375. The second-order valence-electron chi connectivity index (χ2n) is 6.51. The Balaban J connectivity index is 2.08. The highest BCUT2D eigenvalue weighted by Gasteiger charge is 2.32. The standard InChI is InChI=1S/C18H33NO/c1-3-19-17(15-11-7-4-5-8-12-15)18(20-2)16-13-9-6-10-14-16/h11,16-19H,3-10,12-14H2,1-2H3. The van der Waals surface area contributed by atoms with Crippen LogP contribution in [-0.2, 0) is 4.74 Å². The molecule has 0 heterocycles. The molecule has 0 saturated heterocycles. The summed E-state index contributed by atoms with van der Waals surface area (Å²) in [5.41, 5.74) is 1.63. The van der Waals surface area contributed by atoms with Gasteiger partial charge in [0.15, 0.2) is 0 Å². The van der Waals surface area contributed by atoms with Gasteiger partial charge < -0.3 is 10.1 Å². The molecular formula is C18H33NO. The van der Waals surface area contributed by atoms with Crippen LogP contribution in [0.4, 0.5) is 0 Å². The van der Waals surface area contributed by atoms with E-state index in [-0.39, 0.29) is 0 Å². The van der Waals surface area contributed by atoms with Crippen molar-refractivity contribution in [2.24, 2.45) is 5.92 Å². The first-order valence-electron chi connectivity index (χ1n) is 8.82. The Morgan fingerprint density at radius 2 is 1.90 bits per heavy atom. The van der Waals surface area contributed by atoms with E-state index in [9.17, 15) is 0 Å². The molecule has 0 spiro atoms. The van der Waals surface area contributed by atoms with Gasteiger partial charge in [-0.05, 0) is 51.0 Å². The molecular weight excluding hydrogens is 246 g/mol. The number of hydrogen-bond acceptors (Lipinski definition) is 2. The molecule has 0 amide bonds. The van der Waals surface area contributed by atoms with Crippen LogP contribution >= 0.6 is 0 Å². The van der Waals surface area contributed by atoms with Gasteiger partial charge in [-0.3, -0.25) is 0 Å². The lowest BCUT2D eigenvalue weighted by atomic mass is 9.80. The van der Waals surface area contributed by atoms with Crippen molar-refractivity contribution in [3.05, 3.63) is 11.6 Å². The van der Waals surface area contributed by atoms with E-state index in [2.05, 4.69) is 18.3 Å². The number of ether oxygens (including phenoxy) is 1. The Morgan fingerprint density at radius 1 is 1.15 bits per heavy atom. The van der Waals surface area contributed by atoms with Gasteiger partial charge in [0.05, 0.1) is 12.1 Å². The van der Waals surface area contributed by atoms with Crippen LogP contribution in [0.25, 0.3) is 0 Å². The Kier molecular flexibility index (Phi) is 7.09. The topological polar surface area (TPSA) is 21.3 Å². The van der Waals surface area contributed by atoms with Crippen LogP contribution in [0, 0.1) is 5.92 Å². The van der Waals surface area contributed by atoms with E-state index < -0.39 is 0 Å². The number of nitrogens with one attached hydrogen (secondary N) is 1. The SMILES string of the molecule is CCNC(C1=CCCCCC1)C(OC)C1CCCCC1. The molecule has 0 bridgehead atoms. The fraction of sp³-hybridized carbons (Fsp3) is 0.889.